The van der Waals surface area contributed by atoms with Gasteiger partial charge in [-0.15, -0.1) is 11.3 Å². The van der Waals surface area contributed by atoms with Crippen LogP contribution in [0.2, 0.25) is 0 Å². The number of nitrogens with zero attached hydrogens (tertiary/aromatic N) is 1. The lowest BCUT2D eigenvalue weighted by atomic mass is 10.2. The Labute approximate surface area is 103 Å². The molecule has 0 saturated heterocycles. The van der Waals surface area contributed by atoms with Crippen molar-refractivity contribution in [3.05, 3.63) is 33.9 Å². The number of carbonyl (C=O) groups excluding carboxylic acids is 1. The lowest BCUT2D eigenvalue weighted by molar-refractivity contribution is -0.136. The number of hydrogen-bond acceptors (Lipinski definition) is 6. The summed E-state index contributed by atoms with van der Waals surface area (Å²) in [6, 6.07) is 2.78. The van der Waals surface area contributed by atoms with Gasteiger partial charge in [0.05, 0.1) is 12.0 Å². The van der Waals surface area contributed by atoms with Crippen molar-refractivity contribution in [2.75, 3.05) is 7.11 Å². The highest BCUT2D eigenvalue weighted by molar-refractivity contribution is 7.88. The number of thiophene rings is 1. The van der Waals surface area contributed by atoms with E-state index in [0.717, 1.165) is 11.3 Å². The average Bonchev–Trinajstić information content (AvgIpc) is 2.74. The zero-order chi connectivity index (χ0) is 12.4. The fourth-order valence-electron chi connectivity index (χ4n) is 1.18. The molecule has 2 rings (SSSR count). The Bertz CT molecular complexity index is 512. The summed E-state index contributed by atoms with van der Waals surface area (Å²) in [5, 5.41) is -0.375. The highest BCUT2D eigenvalue weighted by Crippen LogP contribution is 2.19. The molecule has 5 nitrogen and oxygen atoms in total. The molecular weight excluding hydrogens is 267 g/mol. The lowest BCUT2D eigenvalue weighted by Crippen LogP contribution is -2.31. The topological polar surface area (TPSA) is 73.8 Å². The van der Waals surface area contributed by atoms with Gasteiger partial charge in [-0.3, -0.25) is 0 Å². The second-order valence-corrected chi connectivity index (χ2v) is 4.90. The number of methoxy groups -OCH3 is 1. The number of allylic oxidation sites excluding steroid dienone is 1. The van der Waals surface area contributed by atoms with Crippen molar-refractivity contribution in [3.8, 4) is 0 Å². The fourth-order valence-corrected chi connectivity index (χ4v) is 2.63. The van der Waals surface area contributed by atoms with Crippen molar-refractivity contribution < 1.29 is 18.5 Å². The summed E-state index contributed by atoms with van der Waals surface area (Å²) < 4.78 is 34.8. The third kappa shape index (κ3) is 2.65. The van der Waals surface area contributed by atoms with E-state index in [4.69, 9.17) is 0 Å². The summed E-state index contributed by atoms with van der Waals surface area (Å²) in [6.45, 7) is 0. The lowest BCUT2D eigenvalue weighted by Gasteiger charge is -2.13. The standard InChI is InChI=1S/C9H7FN2O3S2/c1-15-9(13)6-4-5(11-17(14)12-6)7-2-3-8(10)16-7/h2-4,12H,1H3. The largest absolute Gasteiger partial charge is 0.567 e. The molecule has 1 aliphatic rings. The first kappa shape index (κ1) is 12.1. The zero-order valence-electron chi connectivity index (χ0n) is 8.60. The van der Waals surface area contributed by atoms with Crippen LogP contribution in [0.4, 0.5) is 4.39 Å². The summed E-state index contributed by atoms with van der Waals surface area (Å²) in [5.41, 5.74) is 0.320. The molecule has 90 valence electrons. The van der Waals surface area contributed by atoms with Gasteiger partial charge in [0, 0.05) is 6.08 Å². The van der Waals surface area contributed by atoms with Crippen molar-refractivity contribution in [1.29, 1.82) is 0 Å². The van der Waals surface area contributed by atoms with E-state index in [2.05, 4.69) is 13.9 Å². The predicted octanol–water partition coefficient (Wildman–Crippen LogP) is 0.915. The molecule has 0 aromatic carbocycles. The van der Waals surface area contributed by atoms with E-state index in [1.807, 2.05) is 0 Å². The van der Waals surface area contributed by atoms with Gasteiger partial charge in [0.25, 0.3) is 0 Å². The molecular formula is C9H7FN2O3S2. The Morgan fingerprint density at radius 2 is 2.41 bits per heavy atom. The van der Waals surface area contributed by atoms with Gasteiger partial charge in [-0.25, -0.2) is 4.79 Å². The van der Waals surface area contributed by atoms with Gasteiger partial charge < -0.3 is 9.29 Å². The molecule has 0 radical (unpaired) electrons. The zero-order valence-corrected chi connectivity index (χ0v) is 10.2. The molecule has 0 fully saturated rings. The second kappa shape index (κ2) is 4.86. The quantitative estimate of drug-likeness (QED) is 0.642. The molecule has 1 unspecified atom stereocenters. The number of rotatable bonds is 2. The Morgan fingerprint density at radius 1 is 1.65 bits per heavy atom. The third-order valence-electron chi connectivity index (χ3n) is 1.89. The Hall–Kier alpha value is -1.38. The summed E-state index contributed by atoms with van der Waals surface area (Å²) in [6.07, 6.45) is 1.37. The van der Waals surface area contributed by atoms with Crippen LogP contribution in [0, 0.1) is 5.13 Å². The Kier molecular flexibility index (Phi) is 3.46. The maximum absolute atomic E-state index is 12.9. The molecule has 2 heterocycles. The maximum Gasteiger partial charge on any atom is 0.358 e. The molecule has 1 aliphatic heterocycles. The minimum Gasteiger partial charge on any atom is -0.567 e. The minimum absolute atomic E-state index is 0.0321. The first-order valence-electron chi connectivity index (χ1n) is 4.43. The summed E-state index contributed by atoms with van der Waals surface area (Å²) in [5.74, 6) is -0.650. The van der Waals surface area contributed by atoms with Gasteiger partial charge >= 0.3 is 5.97 Å². The third-order valence-corrected chi connectivity index (χ3v) is 3.54. The SMILES string of the molecule is COC(=O)C1=CC(c2ccc(F)s2)=N[S+]([O-])N1. The molecule has 17 heavy (non-hydrogen) atoms. The molecule has 0 bridgehead atoms. The van der Waals surface area contributed by atoms with E-state index < -0.39 is 17.5 Å². The van der Waals surface area contributed by atoms with Crippen LogP contribution >= 0.6 is 11.3 Å². The first-order valence-corrected chi connectivity index (χ1v) is 6.35. The normalized spacial score (nSPS) is 19.1. The summed E-state index contributed by atoms with van der Waals surface area (Å²) in [4.78, 5) is 11.8. The molecule has 1 aromatic rings. The Balaban J connectivity index is 2.33. The fraction of sp³-hybridized carbons (Fsp3) is 0.111. The van der Waals surface area contributed by atoms with Crippen LogP contribution in [0.15, 0.2) is 28.3 Å². The molecule has 1 N–H and O–H groups in total. The van der Waals surface area contributed by atoms with E-state index in [-0.39, 0.29) is 16.5 Å². The summed E-state index contributed by atoms with van der Waals surface area (Å²) in [7, 11) is 1.21. The number of nitrogens with one attached hydrogen (secondary N) is 1. The van der Waals surface area contributed by atoms with Crippen LogP contribution in [0.25, 0.3) is 0 Å². The van der Waals surface area contributed by atoms with E-state index >= 15 is 0 Å². The molecule has 0 saturated carbocycles. The van der Waals surface area contributed by atoms with Crippen LogP contribution in [0.5, 0.6) is 0 Å². The van der Waals surface area contributed by atoms with Crippen molar-refractivity contribution in [1.82, 2.24) is 4.72 Å². The van der Waals surface area contributed by atoms with Crippen molar-refractivity contribution in [3.63, 3.8) is 0 Å². The van der Waals surface area contributed by atoms with E-state index in [0.29, 0.717) is 4.88 Å². The molecule has 1 aromatic heterocycles. The van der Waals surface area contributed by atoms with Gasteiger partial charge in [-0.2, -0.15) is 9.11 Å². The number of hydrogen-bond donors (Lipinski definition) is 1. The van der Waals surface area contributed by atoms with Crippen molar-refractivity contribution in [2.45, 2.75) is 0 Å². The van der Waals surface area contributed by atoms with Gasteiger partial charge in [0.1, 0.15) is 5.71 Å². The molecule has 1 atom stereocenters. The van der Waals surface area contributed by atoms with E-state index in [1.54, 1.807) is 0 Å². The van der Waals surface area contributed by atoms with Gasteiger partial charge in [-0.1, -0.05) is 0 Å². The molecule has 0 spiro atoms. The number of esters is 1. The number of ether oxygens (including phenoxy) is 1. The van der Waals surface area contributed by atoms with Gasteiger partial charge in [0.15, 0.2) is 10.8 Å². The first-order chi connectivity index (χ1) is 8.10. The highest BCUT2D eigenvalue weighted by Gasteiger charge is 2.24. The van der Waals surface area contributed by atoms with Crippen molar-refractivity contribution >= 4 is 34.6 Å². The van der Waals surface area contributed by atoms with Crippen LogP contribution in [-0.2, 0) is 21.1 Å². The van der Waals surface area contributed by atoms with Gasteiger partial charge in [-0.05, 0) is 16.5 Å². The number of halogens is 1. The second-order valence-electron chi connectivity index (χ2n) is 2.98. The highest BCUT2D eigenvalue weighted by atomic mass is 32.2. The average molecular weight is 274 g/mol. The Morgan fingerprint density at radius 3 is 3.00 bits per heavy atom. The van der Waals surface area contributed by atoms with Crippen LogP contribution in [0.3, 0.4) is 0 Å². The molecule has 8 heteroatoms. The monoisotopic (exact) mass is 274 g/mol. The van der Waals surface area contributed by atoms with E-state index in [1.165, 1.54) is 25.3 Å². The smallest absolute Gasteiger partial charge is 0.358 e. The van der Waals surface area contributed by atoms with E-state index in [9.17, 15) is 13.7 Å². The van der Waals surface area contributed by atoms with Crippen molar-refractivity contribution in [2.24, 2.45) is 4.40 Å². The maximum atomic E-state index is 12.9. The predicted molar refractivity (Wildman–Crippen MR) is 62.2 cm³/mol. The number of carbonyl (C=O) groups is 1. The van der Waals surface area contributed by atoms with Gasteiger partial charge in [0.2, 0.25) is 11.5 Å². The van der Waals surface area contributed by atoms with Crippen LogP contribution < -0.4 is 4.72 Å². The van der Waals surface area contributed by atoms with Crippen LogP contribution in [-0.4, -0.2) is 23.3 Å². The molecule has 0 aliphatic carbocycles. The van der Waals surface area contributed by atoms with Crippen LogP contribution in [0.1, 0.15) is 4.88 Å². The molecule has 0 amide bonds. The summed E-state index contributed by atoms with van der Waals surface area (Å²) >= 11 is -0.899. The minimum atomic E-state index is -1.76.